The van der Waals surface area contributed by atoms with Crippen molar-refractivity contribution in [1.29, 1.82) is 0 Å². The zero-order valence-corrected chi connectivity index (χ0v) is 13.3. The standard InChI is InChI=1S/C14H9ClN4O6/c1-24-10-3-2-7(12(15)16-10)13-17-14(25-18-13)6-4-8(19(22)23)11(21)9(20)5-6/h2-5,20-21H,1H3. The van der Waals surface area contributed by atoms with Crippen LogP contribution in [0.2, 0.25) is 5.15 Å². The summed E-state index contributed by atoms with van der Waals surface area (Å²) in [4.78, 5) is 18.1. The Hall–Kier alpha value is -3.40. The first-order chi connectivity index (χ1) is 11.9. The van der Waals surface area contributed by atoms with Crippen LogP contribution in [0, 0.1) is 10.1 Å². The van der Waals surface area contributed by atoms with Gasteiger partial charge in [-0.3, -0.25) is 10.1 Å². The van der Waals surface area contributed by atoms with Gasteiger partial charge in [-0.1, -0.05) is 16.8 Å². The zero-order chi connectivity index (χ0) is 18.1. The molecule has 25 heavy (non-hydrogen) atoms. The average Bonchev–Trinajstić information content (AvgIpc) is 3.06. The van der Waals surface area contributed by atoms with Gasteiger partial charge >= 0.3 is 5.69 Å². The minimum atomic E-state index is -0.851. The number of aromatic nitrogens is 3. The first-order valence-corrected chi connectivity index (χ1v) is 7.04. The summed E-state index contributed by atoms with van der Waals surface area (Å²) in [6, 6.07) is 5.18. The largest absolute Gasteiger partial charge is 0.504 e. The van der Waals surface area contributed by atoms with Gasteiger partial charge in [0.2, 0.25) is 17.5 Å². The molecule has 0 radical (unpaired) electrons. The van der Waals surface area contributed by atoms with Crippen molar-refractivity contribution in [3.05, 3.63) is 39.5 Å². The van der Waals surface area contributed by atoms with Crippen molar-refractivity contribution in [2.24, 2.45) is 0 Å². The molecule has 1 aromatic carbocycles. The van der Waals surface area contributed by atoms with Crippen LogP contribution in [-0.4, -0.2) is 37.4 Å². The third-order valence-electron chi connectivity index (χ3n) is 3.21. The van der Waals surface area contributed by atoms with E-state index in [0.29, 0.717) is 11.4 Å². The molecular weight excluding hydrogens is 356 g/mol. The number of methoxy groups -OCH3 is 1. The maximum absolute atomic E-state index is 10.9. The van der Waals surface area contributed by atoms with E-state index in [1.165, 1.54) is 7.11 Å². The van der Waals surface area contributed by atoms with Crippen molar-refractivity contribution < 1.29 is 24.4 Å². The van der Waals surface area contributed by atoms with Crippen LogP contribution >= 0.6 is 11.6 Å². The fraction of sp³-hybridized carbons (Fsp3) is 0.0714. The van der Waals surface area contributed by atoms with Crippen LogP contribution in [0.3, 0.4) is 0 Å². The van der Waals surface area contributed by atoms with E-state index in [4.69, 9.17) is 20.9 Å². The van der Waals surface area contributed by atoms with E-state index in [0.717, 1.165) is 12.1 Å². The van der Waals surface area contributed by atoms with Crippen molar-refractivity contribution in [3.63, 3.8) is 0 Å². The summed E-state index contributed by atoms with van der Waals surface area (Å²) in [5.74, 6) is -1.26. The normalized spacial score (nSPS) is 10.6. The maximum Gasteiger partial charge on any atom is 0.315 e. The van der Waals surface area contributed by atoms with Crippen molar-refractivity contribution in [3.8, 4) is 40.2 Å². The minimum absolute atomic E-state index is 0.0540. The number of pyridine rings is 1. The highest BCUT2D eigenvalue weighted by molar-refractivity contribution is 6.32. The average molecular weight is 365 g/mol. The second-order valence-corrected chi connectivity index (χ2v) is 5.09. The van der Waals surface area contributed by atoms with Crippen LogP contribution in [0.4, 0.5) is 5.69 Å². The zero-order valence-electron chi connectivity index (χ0n) is 12.5. The number of aromatic hydroxyl groups is 2. The van der Waals surface area contributed by atoms with Gasteiger partial charge in [-0.2, -0.15) is 4.98 Å². The van der Waals surface area contributed by atoms with Crippen molar-refractivity contribution >= 4 is 17.3 Å². The Morgan fingerprint density at radius 1 is 1.28 bits per heavy atom. The van der Waals surface area contributed by atoms with Crippen LogP contribution in [0.15, 0.2) is 28.8 Å². The lowest BCUT2D eigenvalue weighted by atomic mass is 10.1. The van der Waals surface area contributed by atoms with Gasteiger partial charge in [-0.25, -0.2) is 4.98 Å². The fourth-order valence-corrected chi connectivity index (χ4v) is 2.25. The number of hydrogen-bond donors (Lipinski definition) is 2. The first-order valence-electron chi connectivity index (χ1n) is 6.66. The van der Waals surface area contributed by atoms with Gasteiger partial charge in [-0.15, -0.1) is 0 Å². The summed E-state index contributed by atoms with van der Waals surface area (Å²) >= 11 is 6.04. The summed E-state index contributed by atoms with van der Waals surface area (Å²) in [6.45, 7) is 0. The van der Waals surface area contributed by atoms with E-state index in [1.54, 1.807) is 12.1 Å². The molecule has 0 aliphatic carbocycles. The lowest BCUT2D eigenvalue weighted by Gasteiger charge is -2.02. The molecule has 3 aromatic rings. The minimum Gasteiger partial charge on any atom is -0.504 e. The predicted molar refractivity (Wildman–Crippen MR) is 84.5 cm³/mol. The SMILES string of the molecule is COc1ccc(-c2noc(-c3cc(O)c(O)c([N+](=O)[O-])c3)n2)c(Cl)n1. The Morgan fingerprint density at radius 3 is 2.68 bits per heavy atom. The van der Waals surface area contributed by atoms with Crippen molar-refractivity contribution in [1.82, 2.24) is 15.1 Å². The van der Waals surface area contributed by atoms with Gasteiger partial charge in [0, 0.05) is 12.1 Å². The van der Waals surface area contributed by atoms with Gasteiger partial charge in [0.15, 0.2) is 5.75 Å². The second kappa shape index (κ2) is 6.24. The van der Waals surface area contributed by atoms with Crippen LogP contribution < -0.4 is 4.74 Å². The highest BCUT2D eigenvalue weighted by atomic mass is 35.5. The maximum atomic E-state index is 10.9. The molecular formula is C14H9ClN4O6. The lowest BCUT2D eigenvalue weighted by Crippen LogP contribution is -1.91. The molecule has 2 heterocycles. The Bertz CT molecular complexity index is 974. The molecule has 0 spiro atoms. The predicted octanol–water partition coefficient (Wildman–Crippen LogP) is 2.78. The van der Waals surface area contributed by atoms with Crippen LogP contribution in [-0.2, 0) is 0 Å². The third-order valence-corrected chi connectivity index (χ3v) is 3.50. The van der Waals surface area contributed by atoms with Gasteiger partial charge < -0.3 is 19.5 Å². The quantitative estimate of drug-likeness (QED) is 0.309. The molecule has 0 bridgehead atoms. The molecule has 10 nitrogen and oxygen atoms in total. The van der Waals surface area contributed by atoms with Crippen molar-refractivity contribution in [2.75, 3.05) is 7.11 Å². The summed E-state index contributed by atoms with van der Waals surface area (Å²) in [6.07, 6.45) is 0. The molecule has 0 amide bonds. The van der Waals surface area contributed by atoms with Gasteiger partial charge in [0.1, 0.15) is 5.15 Å². The van der Waals surface area contributed by atoms with Crippen molar-refractivity contribution in [2.45, 2.75) is 0 Å². The molecule has 0 atom stereocenters. The Labute approximate surface area is 144 Å². The lowest BCUT2D eigenvalue weighted by molar-refractivity contribution is -0.385. The number of halogens is 1. The van der Waals surface area contributed by atoms with E-state index in [-0.39, 0.29) is 22.4 Å². The highest BCUT2D eigenvalue weighted by Gasteiger charge is 2.22. The topological polar surface area (TPSA) is 145 Å². The van der Waals surface area contributed by atoms with Gasteiger partial charge in [0.05, 0.1) is 23.2 Å². The third kappa shape index (κ3) is 3.02. The Morgan fingerprint density at radius 2 is 2.04 bits per heavy atom. The number of ether oxygens (including phenoxy) is 1. The van der Waals surface area contributed by atoms with E-state index in [1.807, 2.05) is 0 Å². The molecule has 0 aliphatic heterocycles. The highest BCUT2D eigenvalue weighted by Crippen LogP contribution is 2.39. The Balaban J connectivity index is 2.04. The number of nitro benzene ring substituents is 1. The number of benzene rings is 1. The van der Waals surface area contributed by atoms with Crippen LogP contribution in [0.5, 0.6) is 17.4 Å². The molecule has 11 heteroatoms. The summed E-state index contributed by atoms with van der Waals surface area (Å²) in [5.41, 5.74) is -0.285. The summed E-state index contributed by atoms with van der Waals surface area (Å²) < 4.78 is 10.00. The van der Waals surface area contributed by atoms with Gasteiger partial charge in [0.25, 0.3) is 5.89 Å². The fourth-order valence-electron chi connectivity index (χ4n) is 2.02. The number of phenolic OH excluding ortho intramolecular Hbond substituents is 2. The molecule has 2 N–H and O–H groups in total. The Kier molecular flexibility index (Phi) is 4.11. The number of nitrogens with zero attached hydrogens (tertiary/aromatic N) is 4. The number of rotatable bonds is 4. The van der Waals surface area contributed by atoms with E-state index in [9.17, 15) is 20.3 Å². The molecule has 0 fully saturated rings. The molecule has 0 saturated carbocycles. The van der Waals surface area contributed by atoms with Crippen LogP contribution in [0.25, 0.3) is 22.8 Å². The van der Waals surface area contributed by atoms with E-state index < -0.39 is 22.1 Å². The summed E-state index contributed by atoms with van der Waals surface area (Å²) in [5, 5.41) is 33.9. The molecule has 0 aliphatic rings. The smallest absolute Gasteiger partial charge is 0.315 e. The van der Waals surface area contributed by atoms with Gasteiger partial charge in [-0.05, 0) is 12.1 Å². The number of hydrogen-bond acceptors (Lipinski definition) is 9. The number of nitro groups is 1. The number of phenols is 2. The molecule has 0 unspecified atom stereocenters. The summed E-state index contributed by atoms with van der Waals surface area (Å²) in [7, 11) is 1.44. The monoisotopic (exact) mass is 364 g/mol. The molecule has 128 valence electrons. The van der Waals surface area contributed by atoms with E-state index in [2.05, 4.69) is 15.1 Å². The first kappa shape index (κ1) is 16.5. The molecule has 2 aromatic heterocycles. The molecule has 0 saturated heterocycles. The molecule has 3 rings (SSSR count). The second-order valence-electron chi connectivity index (χ2n) is 4.74. The van der Waals surface area contributed by atoms with Crippen LogP contribution in [0.1, 0.15) is 0 Å². The van der Waals surface area contributed by atoms with E-state index >= 15 is 0 Å².